The standard InChI is InChI=1S/C12H15FN2O/c1-2-15(5-6-16)9-11-7-12(13)4-3-10(11)8-14/h3-4,7,16H,2,5-6,9H2,1H3. The Bertz CT molecular complexity index is 387. The second kappa shape index (κ2) is 6.21. The van der Waals surface area contributed by atoms with E-state index in [9.17, 15) is 4.39 Å². The molecule has 0 radical (unpaired) electrons. The van der Waals surface area contributed by atoms with Crippen molar-refractivity contribution in [3.05, 3.63) is 35.1 Å². The first kappa shape index (κ1) is 12.6. The molecule has 0 bridgehead atoms. The van der Waals surface area contributed by atoms with E-state index in [2.05, 4.69) is 0 Å². The first-order valence-corrected chi connectivity index (χ1v) is 5.23. The molecular weight excluding hydrogens is 207 g/mol. The topological polar surface area (TPSA) is 47.3 Å². The number of aliphatic hydroxyl groups excluding tert-OH is 1. The third kappa shape index (κ3) is 3.30. The minimum absolute atomic E-state index is 0.0606. The van der Waals surface area contributed by atoms with Crippen LogP contribution < -0.4 is 0 Å². The molecule has 0 atom stereocenters. The van der Waals surface area contributed by atoms with E-state index in [1.54, 1.807) is 0 Å². The van der Waals surface area contributed by atoms with Gasteiger partial charge in [-0.05, 0) is 30.3 Å². The van der Waals surface area contributed by atoms with Gasteiger partial charge in [0, 0.05) is 13.1 Å². The molecule has 1 rings (SSSR count). The van der Waals surface area contributed by atoms with Crippen LogP contribution in [0.2, 0.25) is 0 Å². The highest BCUT2D eigenvalue weighted by Gasteiger charge is 2.08. The molecule has 0 saturated heterocycles. The molecule has 0 heterocycles. The highest BCUT2D eigenvalue weighted by molar-refractivity contribution is 5.37. The number of nitrogens with zero attached hydrogens (tertiary/aromatic N) is 2. The van der Waals surface area contributed by atoms with Crippen molar-refractivity contribution in [3.8, 4) is 6.07 Å². The summed E-state index contributed by atoms with van der Waals surface area (Å²) in [5.41, 5.74) is 1.15. The van der Waals surface area contributed by atoms with Gasteiger partial charge in [0.25, 0.3) is 0 Å². The van der Waals surface area contributed by atoms with Crippen LogP contribution in [-0.4, -0.2) is 29.7 Å². The zero-order chi connectivity index (χ0) is 12.0. The van der Waals surface area contributed by atoms with Crippen LogP contribution in [0.3, 0.4) is 0 Å². The molecule has 1 aromatic rings. The number of benzene rings is 1. The van der Waals surface area contributed by atoms with Crippen LogP contribution in [0.1, 0.15) is 18.1 Å². The third-order valence-corrected chi connectivity index (χ3v) is 2.45. The highest BCUT2D eigenvalue weighted by atomic mass is 19.1. The van der Waals surface area contributed by atoms with Gasteiger partial charge >= 0.3 is 0 Å². The van der Waals surface area contributed by atoms with Gasteiger partial charge in [0.05, 0.1) is 18.2 Å². The molecule has 0 spiro atoms. The summed E-state index contributed by atoms with van der Waals surface area (Å²) in [5.74, 6) is -0.339. The summed E-state index contributed by atoms with van der Waals surface area (Å²) in [6, 6.07) is 6.18. The molecule has 0 aliphatic heterocycles. The molecule has 0 fully saturated rings. The van der Waals surface area contributed by atoms with Gasteiger partial charge in [0.2, 0.25) is 0 Å². The van der Waals surface area contributed by atoms with Gasteiger partial charge in [0.1, 0.15) is 5.82 Å². The van der Waals surface area contributed by atoms with E-state index in [0.29, 0.717) is 24.2 Å². The van der Waals surface area contributed by atoms with E-state index in [0.717, 1.165) is 6.54 Å². The molecule has 0 aliphatic rings. The molecule has 86 valence electrons. The number of likely N-dealkylation sites (N-methyl/N-ethyl adjacent to an activating group) is 1. The molecule has 4 heteroatoms. The summed E-state index contributed by atoms with van der Waals surface area (Å²) in [4.78, 5) is 1.95. The number of hydrogen-bond acceptors (Lipinski definition) is 3. The lowest BCUT2D eigenvalue weighted by Gasteiger charge is -2.19. The van der Waals surface area contributed by atoms with Gasteiger partial charge in [-0.15, -0.1) is 0 Å². The second-order valence-corrected chi connectivity index (χ2v) is 3.51. The van der Waals surface area contributed by atoms with E-state index in [4.69, 9.17) is 10.4 Å². The summed E-state index contributed by atoms with van der Waals surface area (Å²) in [5, 5.41) is 17.7. The maximum Gasteiger partial charge on any atom is 0.123 e. The fourth-order valence-corrected chi connectivity index (χ4v) is 1.53. The Kier molecular flexibility index (Phi) is 4.90. The minimum atomic E-state index is -0.339. The maximum atomic E-state index is 13.0. The molecule has 3 nitrogen and oxygen atoms in total. The Labute approximate surface area is 94.7 Å². The smallest absolute Gasteiger partial charge is 0.123 e. The predicted octanol–water partition coefficient (Wildman–Crippen LogP) is 1.51. The lowest BCUT2D eigenvalue weighted by molar-refractivity contribution is 0.196. The fraction of sp³-hybridized carbons (Fsp3) is 0.417. The van der Waals surface area contributed by atoms with E-state index in [1.165, 1.54) is 18.2 Å². The van der Waals surface area contributed by atoms with Gasteiger partial charge in [-0.3, -0.25) is 4.90 Å². The molecule has 0 amide bonds. The van der Waals surface area contributed by atoms with E-state index < -0.39 is 0 Å². The maximum absolute atomic E-state index is 13.0. The molecule has 0 saturated carbocycles. The average molecular weight is 222 g/mol. The second-order valence-electron chi connectivity index (χ2n) is 3.51. The van der Waals surface area contributed by atoms with Crippen molar-refractivity contribution in [2.75, 3.05) is 19.7 Å². The van der Waals surface area contributed by atoms with Gasteiger partial charge in [-0.1, -0.05) is 6.92 Å². The number of halogens is 1. The van der Waals surface area contributed by atoms with Crippen molar-refractivity contribution < 1.29 is 9.50 Å². The van der Waals surface area contributed by atoms with E-state index >= 15 is 0 Å². The van der Waals surface area contributed by atoms with Crippen LogP contribution in [0.5, 0.6) is 0 Å². The molecule has 0 aliphatic carbocycles. The summed E-state index contributed by atoms with van der Waals surface area (Å²) < 4.78 is 13.0. The van der Waals surface area contributed by atoms with Crippen molar-refractivity contribution in [1.82, 2.24) is 4.90 Å². The Morgan fingerprint density at radius 2 is 2.25 bits per heavy atom. The summed E-state index contributed by atoms with van der Waals surface area (Å²) in [7, 11) is 0. The summed E-state index contributed by atoms with van der Waals surface area (Å²) in [6.45, 7) is 3.78. The van der Waals surface area contributed by atoms with Crippen molar-refractivity contribution in [1.29, 1.82) is 5.26 Å². The number of rotatable bonds is 5. The minimum Gasteiger partial charge on any atom is -0.395 e. The van der Waals surface area contributed by atoms with E-state index in [1.807, 2.05) is 17.9 Å². The molecule has 1 N–H and O–H groups in total. The number of nitriles is 1. The van der Waals surface area contributed by atoms with Crippen molar-refractivity contribution >= 4 is 0 Å². The predicted molar refractivity (Wildman–Crippen MR) is 59.2 cm³/mol. The first-order valence-electron chi connectivity index (χ1n) is 5.23. The molecule has 16 heavy (non-hydrogen) atoms. The summed E-state index contributed by atoms with van der Waals surface area (Å²) in [6.07, 6.45) is 0. The quantitative estimate of drug-likeness (QED) is 0.821. The average Bonchev–Trinajstić information content (AvgIpc) is 2.29. The fourth-order valence-electron chi connectivity index (χ4n) is 1.53. The number of hydrogen-bond donors (Lipinski definition) is 1. The zero-order valence-corrected chi connectivity index (χ0v) is 9.28. The lowest BCUT2D eigenvalue weighted by atomic mass is 10.1. The Morgan fingerprint density at radius 1 is 1.50 bits per heavy atom. The Hall–Kier alpha value is -1.44. The SMILES string of the molecule is CCN(CCO)Cc1cc(F)ccc1C#N. The van der Waals surface area contributed by atoms with Gasteiger partial charge in [-0.2, -0.15) is 5.26 Å². The molecule has 1 aromatic carbocycles. The zero-order valence-electron chi connectivity index (χ0n) is 9.28. The largest absolute Gasteiger partial charge is 0.395 e. The monoisotopic (exact) mass is 222 g/mol. The Balaban J connectivity index is 2.86. The van der Waals surface area contributed by atoms with Crippen LogP contribution in [0, 0.1) is 17.1 Å². The van der Waals surface area contributed by atoms with Crippen LogP contribution in [0.15, 0.2) is 18.2 Å². The molecular formula is C12H15FN2O. The van der Waals surface area contributed by atoms with Crippen molar-refractivity contribution in [2.24, 2.45) is 0 Å². The van der Waals surface area contributed by atoms with Crippen LogP contribution in [0.4, 0.5) is 4.39 Å². The van der Waals surface area contributed by atoms with Gasteiger partial charge in [-0.25, -0.2) is 4.39 Å². The van der Waals surface area contributed by atoms with Crippen LogP contribution in [-0.2, 0) is 6.54 Å². The van der Waals surface area contributed by atoms with Gasteiger partial charge in [0.15, 0.2) is 0 Å². The number of aliphatic hydroxyl groups is 1. The highest BCUT2D eigenvalue weighted by Crippen LogP contribution is 2.12. The van der Waals surface area contributed by atoms with Crippen molar-refractivity contribution in [3.63, 3.8) is 0 Å². The lowest BCUT2D eigenvalue weighted by Crippen LogP contribution is -2.26. The van der Waals surface area contributed by atoms with Crippen LogP contribution >= 0.6 is 0 Å². The molecule has 0 unspecified atom stereocenters. The normalized spacial score (nSPS) is 10.4. The summed E-state index contributed by atoms with van der Waals surface area (Å²) >= 11 is 0. The Morgan fingerprint density at radius 3 is 2.81 bits per heavy atom. The first-order chi connectivity index (χ1) is 7.71. The van der Waals surface area contributed by atoms with Crippen LogP contribution in [0.25, 0.3) is 0 Å². The van der Waals surface area contributed by atoms with Gasteiger partial charge < -0.3 is 5.11 Å². The van der Waals surface area contributed by atoms with Crippen molar-refractivity contribution in [2.45, 2.75) is 13.5 Å². The van der Waals surface area contributed by atoms with E-state index in [-0.39, 0.29) is 12.4 Å². The molecule has 0 aromatic heterocycles. The third-order valence-electron chi connectivity index (χ3n) is 2.45.